The molecule has 1 fully saturated rings. The first-order valence-corrected chi connectivity index (χ1v) is 6.35. The molecule has 1 unspecified atom stereocenters. The molecule has 0 radical (unpaired) electrons. The maximum Gasteiger partial charge on any atom is 0.312 e. The summed E-state index contributed by atoms with van der Waals surface area (Å²) in [6.07, 6.45) is 2.22. The number of aliphatic hydroxyl groups is 1. The fourth-order valence-corrected chi connectivity index (χ4v) is 2.24. The van der Waals surface area contributed by atoms with Crippen molar-refractivity contribution in [3.8, 4) is 0 Å². The maximum absolute atomic E-state index is 11.4. The van der Waals surface area contributed by atoms with E-state index in [1.165, 1.54) is 0 Å². The van der Waals surface area contributed by atoms with E-state index >= 15 is 0 Å². The van der Waals surface area contributed by atoms with Gasteiger partial charge in [0.05, 0.1) is 12.5 Å². The van der Waals surface area contributed by atoms with Crippen molar-refractivity contribution < 1.29 is 15.0 Å². The van der Waals surface area contributed by atoms with Crippen LogP contribution in [0.3, 0.4) is 0 Å². The molecule has 1 aromatic carbocycles. The highest BCUT2D eigenvalue weighted by Gasteiger charge is 2.32. The predicted octanol–water partition coefficient (Wildman–Crippen LogP) is 1.31. The Hall–Kier alpha value is -1.39. The predicted molar refractivity (Wildman–Crippen MR) is 68.5 cm³/mol. The van der Waals surface area contributed by atoms with Gasteiger partial charge in [-0.1, -0.05) is 30.3 Å². The van der Waals surface area contributed by atoms with Gasteiger partial charge in [0, 0.05) is 19.1 Å². The van der Waals surface area contributed by atoms with Crippen LogP contribution in [0.25, 0.3) is 0 Å². The van der Waals surface area contributed by atoms with Crippen LogP contribution in [0, 0.1) is 0 Å². The number of hydrogen-bond acceptors (Lipinski definition) is 3. The lowest BCUT2D eigenvalue weighted by atomic mass is 9.98. The van der Waals surface area contributed by atoms with E-state index in [0.29, 0.717) is 19.1 Å². The van der Waals surface area contributed by atoms with E-state index in [0.717, 1.165) is 18.4 Å². The molecule has 18 heavy (non-hydrogen) atoms. The van der Waals surface area contributed by atoms with E-state index in [1.807, 2.05) is 30.3 Å². The van der Waals surface area contributed by atoms with Crippen LogP contribution < -0.4 is 0 Å². The smallest absolute Gasteiger partial charge is 0.312 e. The zero-order valence-electron chi connectivity index (χ0n) is 10.3. The standard InChI is InChI=1S/C14H19NO3/c16-9-8-15(12-6-7-12)10-13(14(17)18)11-4-2-1-3-5-11/h1-5,12-13,16H,6-10H2,(H,17,18). The van der Waals surface area contributed by atoms with Crippen molar-refractivity contribution in [2.75, 3.05) is 19.7 Å². The first-order valence-electron chi connectivity index (χ1n) is 6.35. The molecule has 1 aliphatic carbocycles. The van der Waals surface area contributed by atoms with Gasteiger partial charge in [-0.3, -0.25) is 9.69 Å². The average Bonchev–Trinajstić information content (AvgIpc) is 3.19. The van der Waals surface area contributed by atoms with Crippen LogP contribution >= 0.6 is 0 Å². The Bertz CT molecular complexity index is 389. The van der Waals surface area contributed by atoms with Gasteiger partial charge in [0.25, 0.3) is 0 Å². The Morgan fingerprint density at radius 1 is 1.33 bits per heavy atom. The Labute approximate surface area is 107 Å². The van der Waals surface area contributed by atoms with Crippen molar-refractivity contribution in [2.45, 2.75) is 24.8 Å². The number of benzene rings is 1. The fraction of sp³-hybridized carbons (Fsp3) is 0.500. The molecule has 4 nitrogen and oxygen atoms in total. The molecule has 0 bridgehead atoms. The molecular weight excluding hydrogens is 230 g/mol. The van der Waals surface area contributed by atoms with Crippen LogP contribution in [-0.2, 0) is 4.79 Å². The summed E-state index contributed by atoms with van der Waals surface area (Å²) < 4.78 is 0. The van der Waals surface area contributed by atoms with Crippen molar-refractivity contribution in [1.82, 2.24) is 4.90 Å². The van der Waals surface area contributed by atoms with Crippen LogP contribution in [0.2, 0.25) is 0 Å². The van der Waals surface area contributed by atoms with Crippen LogP contribution in [0.4, 0.5) is 0 Å². The average molecular weight is 249 g/mol. The number of aliphatic carboxylic acids is 1. The molecule has 0 amide bonds. The summed E-state index contributed by atoms with van der Waals surface area (Å²) in [6, 6.07) is 9.76. The van der Waals surface area contributed by atoms with Crippen molar-refractivity contribution in [3.05, 3.63) is 35.9 Å². The van der Waals surface area contributed by atoms with Crippen LogP contribution in [0.15, 0.2) is 30.3 Å². The van der Waals surface area contributed by atoms with Gasteiger partial charge in [-0.2, -0.15) is 0 Å². The number of carbonyl (C=O) groups is 1. The monoisotopic (exact) mass is 249 g/mol. The van der Waals surface area contributed by atoms with E-state index in [1.54, 1.807) is 0 Å². The molecule has 1 atom stereocenters. The van der Waals surface area contributed by atoms with Crippen molar-refractivity contribution in [3.63, 3.8) is 0 Å². The minimum absolute atomic E-state index is 0.0810. The van der Waals surface area contributed by atoms with Gasteiger partial charge in [-0.05, 0) is 18.4 Å². The molecule has 0 heterocycles. The Kier molecular flexibility index (Phi) is 4.33. The first-order chi connectivity index (χ1) is 8.72. The number of hydrogen-bond donors (Lipinski definition) is 2. The molecule has 1 aliphatic rings. The second kappa shape index (κ2) is 5.98. The number of nitrogens with zero attached hydrogens (tertiary/aromatic N) is 1. The summed E-state index contributed by atoms with van der Waals surface area (Å²) in [4.78, 5) is 13.5. The molecule has 1 aromatic rings. The first kappa shape index (κ1) is 13.1. The van der Waals surface area contributed by atoms with E-state index in [2.05, 4.69) is 4.90 Å². The number of carboxylic acid groups (broad SMARTS) is 1. The number of carboxylic acids is 1. The van der Waals surface area contributed by atoms with Gasteiger partial charge in [0.2, 0.25) is 0 Å². The Morgan fingerprint density at radius 3 is 2.50 bits per heavy atom. The van der Waals surface area contributed by atoms with E-state index in [-0.39, 0.29) is 6.61 Å². The largest absolute Gasteiger partial charge is 0.481 e. The minimum Gasteiger partial charge on any atom is -0.481 e. The van der Waals surface area contributed by atoms with Gasteiger partial charge in [0.15, 0.2) is 0 Å². The molecule has 1 saturated carbocycles. The van der Waals surface area contributed by atoms with Crippen LogP contribution in [0.5, 0.6) is 0 Å². The topological polar surface area (TPSA) is 60.8 Å². The minimum atomic E-state index is -0.801. The molecule has 0 aliphatic heterocycles. The molecular formula is C14H19NO3. The van der Waals surface area contributed by atoms with Crippen LogP contribution in [-0.4, -0.2) is 46.8 Å². The van der Waals surface area contributed by atoms with E-state index in [4.69, 9.17) is 5.11 Å². The summed E-state index contributed by atoms with van der Waals surface area (Å²) >= 11 is 0. The van der Waals surface area contributed by atoms with E-state index in [9.17, 15) is 9.90 Å². The zero-order chi connectivity index (χ0) is 13.0. The van der Waals surface area contributed by atoms with Crippen LogP contribution in [0.1, 0.15) is 24.3 Å². The summed E-state index contributed by atoms with van der Waals surface area (Å²) in [5.74, 6) is -1.32. The van der Waals surface area contributed by atoms with Gasteiger partial charge < -0.3 is 10.2 Å². The molecule has 2 N–H and O–H groups in total. The molecule has 98 valence electrons. The third kappa shape index (κ3) is 3.31. The lowest BCUT2D eigenvalue weighted by Crippen LogP contribution is -2.35. The second-order valence-electron chi connectivity index (χ2n) is 4.75. The fourth-order valence-electron chi connectivity index (χ4n) is 2.24. The SMILES string of the molecule is O=C(O)C(CN(CCO)C1CC1)c1ccccc1. The van der Waals surface area contributed by atoms with Gasteiger partial charge in [-0.25, -0.2) is 0 Å². The van der Waals surface area contributed by atoms with Gasteiger partial charge >= 0.3 is 5.97 Å². The third-order valence-electron chi connectivity index (χ3n) is 3.37. The normalized spacial score (nSPS) is 16.8. The summed E-state index contributed by atoms with van der Waals surface area (Å²) in [5, 5.41) is 18.4. The molecule has 0 saturated heterocycles. The quantitative estimate of drug-likeness (QED) is 0.765. The Balaban J connectivity index is 2.08. The maximum atomic E-state index is 11.4. The molecule has 0 aromatic heterocycles. The van der Waals surface area contributed by atoms with Crippen molar-refractivity contribution >= 4 is 5.97 Å². The highest BCUT2D eigenvalue weighted by atomic mass is 16.4. The summed E-state index contributed by atoms with van der Waals surface area (Å²) in [6.45, 7) is 1.11. The summed E-state index contributed by atoms with van der Waals surface area (Å²) in [5.41, 5.74) is 0.827. The highest BCUT2D eigenvalue weighted by molar-refractivity contribution is 5.76. The number of aliphatic hydroxyl groups excluding tert-OH is 1. The molecule has 0 spiro atoms. The zero-order valence-corrected chi connectivity index (χ0v) is 10.3. The lowest BCUT2D eigenvalue weighted by molar-refractivity contribution is -0.139. The third-order valence-corrected chi connectivity index (χ3v) is 3.37. The van der Waals surface area contributed by atoms with Crippen molar-refractivity contribution in [2.24, 2.45) is 0 Å². The highest BCUT2D eigenvalue weighted by Crippen LogP contribution is 2.29. The Morgan fingerprint density at radius 2 is 2.00 bits per heavy atom. The number of rotatable bonds is 7. The molecule has 2 rings (SSSR count). The summed E-state index contributed by atoms with van der Waals surface area (Å²) in [7, 11) is 0. The van der Waals surface area contributed by atoms with Crippen molar-refractivity contribution in [1.29, 1.82) is 0 Å². The van der Waals surface area contributed by atoms with Gasteiger partial charge in [0.1, 0.15) is 0 Å². The second-order valence-corrected chi connectivity index (χ2v) is 4.75. The van der Waals surface area contributed by atoms with E-state index < -0.39 is 11.9 Å². The van der Waals surface area contributed by atoms with Gasteiger partial charge in [-0.15, -0.1) is 0 Å². The lowest BCUT2D eigenvalue weighted by Gasteiger charge is -2.24. The molecule has 4 heteroatoms.